The number of ketones is 1. The van der Waals surface area contributed by atoms with E-state index in [1.54, 1.807) is 30.3 Å². The van der Waals surface area contributed by atoms with E-state index in [9.17, 15) is 9.59 Å². The van der Waals surface area contributed by atoms with Gasteiger partial charge in [-0.2, -0.15) is 0 Å². The first-order valence-electron chi connectivity index (χ1n) is 7.45. The molecule has 0 aliphatic rings. The predicted molar refractivity (Wildman–Crippen MR) is 96.1 cm³/mol. The van der Waals surface area contributed by atoms with E-state index in [0.29, 0.717) is 12.2 Å². The molecule has 0 aliphatic heterocycles. The summed E-state index contributed by atoms with van der Waals surface area (Å²) >= 11 is 3.30. The summed E-state index contributed by atoms with van der Waals surface area (Å²) in [4.78, 5) is 23.6. The highest BCUT2D eigenvalue weighted by atomic mass is 79.9. The molecule has 0 bridgehead atoms. The molecule has 0 N–H and O–H groups in total. The summed E-state index contributed by atoms with van der Waals surface area (Å²) in [5.41, 5.74) is 1.34. The van der Waals surface area contributed by atoms with Gasteiger partial charge in [-0.3, -0.25) is 4.79 Å². The molecular formula is C19H17BrO4. The Balaban J connectivity index is 1.84. The van der Waals surface area contributed by atoms with E-state index in [0.717, 1.165) is 15.8 Å². The zero-order valence-electron chi connectivity index (χ0n) is 13.2. The van der Waals surface area contributed by atoms with Crippen LogP contribution in [0.4, 0.5) is 0 Å². The van der Waals surface area contributed by atoms with Gasteiger partial charge in [-0.15, -0.1) is 0 Å². The van der Waals surface area contributed by atoms with Crippen LogP contribution >= 0.6 is 15.9 Å². The van der Waals surface area contributed by atoms with Gasteiger partial charge in [0.25, 0.3) is 0 Å². The third kappa shape index (κ3) is 5.66. The van der Waals surface area contributed by atoms with E-state index in [2.05, 4.69) is 15.9 Å². The molecule has 0 aliphatic carbocycles. The van der Waals surface area contributed by atoms with Crippen molar-refractivity contribution in [2.24, 2.45) is 0 Å². The number of hydrogen-bond acceptors (Lipinski definition) is 4. The van der Waals surface area contributed by atoms with Gasteiger partial charge in [-0.1, -0.05) is 40.2 Å². The molecule has 0 atom stereocenters. The summed E-state index contributed by atoms with van der Waals surface area (Å²) in [7, 11) is 0. The van der Waals surface area contributed by atoms with Crippen molar-refractivity contribution in [1.82, 2.24) is 0 Å². The van der Waals surface area contributed by atoms with Gasteiger partial charge in [0, 0.05) is 16.1 Å². The van der Waals surface area contributed by atoms with Crippen LogP contribution in [0, 0.1) is 0 Å². The highest BCUT2D eigenvalue weighted by Gasteiger charge is 2.08. The molecule has 2 aromatic rings. The Morgan fingerprint density at radius 2 is 1.71 bits per heavy atom. The normalized spacial score (nSPS) is 10.6. The van der Waals surface area contributed by atoms with Gasteiger partial charge >= 0.3 is 5.97 Å². The van der Waals surface area contributed by atoms with Gasteiger partial charge in [0.2, 0.25) is 0 Å². The summed E-state index contributed by atoms with van der Waals surface area (Å²) in [5, 5.41) is 0. The number of esters is 1. The lowest BCUT2D eigenvalue weighted by atomic mass is 10.1. The molecule has 0 amide bonds. The van der Waals surface area contributed by atoms with Crippen molar-refractivity contribution >= 4 is 33.8 Å². The van der Waals surface area contributed by atoms with Crippen LogP contribution in [0.2, 0.25) is 0 Å². The number of ether oxygens (including phenoxy) is 2. The number of benzene rings is 2. The van der Waals surface area contributed by atoms with E-state index in [4.69, 9.17) is 9.47 Å². The second-order valence-corrected chi connectivity index (χ2v) is 5.79. The van der Waals surface area contributed by atoms with E-state index >= 15 is 0 Å². The minimum atomic E-state index is -0.561. The zero-order valence-corrected chi connectivity index (χ0v) is 14.8. The lowest BCUT2D eigenvalue weighted by Gasteiger charge is -2.03. The molecule has 0 saturated carbocycles. The van der Waals surface area contributed by atoms with Crippen LogP contribution in [0.15, 0.2) is 59.1 Å². The maximum atomic E-state index is 11.9. The molecule has 5 heteroatoms. The lowest BCUT2D eigenvalue weighted by Crippen LogP contribution is -2.12. The number of carbonyl (C=O) groups excluding carboxylic acids is 2. The van der Waals surface area contributed by atoms with E-state index in [-0.39, 0.29) is 12.4 Å². The largest absolute Gasteiger partial charge is 0.494 e. The third-order valence-electron chi connectivity index (χ3n) is 3.11. The summed E-state index contributed by atoms with van der Waals surface area (Å²) in [5.74, 6) is -0.0306. The summed E-state index contributed by atoms with van der Waals surface area (Å²) in [6.45, 7) is 2.24. The van der Waals surface area contributed by atoms with Crippen molar-refractivity contribution in [2.75, 3.05) is 13.2 Å². The molecule has 0 fully saturated rings. The molecule has 0 aromatic heterocycles. The van der Waals surface area contributed by atoms with Crippen LogP contribution in [0.3, 0.4) is 0 Å². The summed E-state index contributed by atoms with van der Waals surface area (Å²) in [6.07, 6.45) is 2.92. The van der Waals surface area contributed by atoms with Crippen molar-refractivity contribution in [3.8, 4) is 5.75 Å². The molecule has 0 radical (unpaired) electrons. The molecule has 0 saturated heterocycles. The van der Waals surface area contributed by atoms with E-state index in [1.807, 2.05) is 31.2 Å². The highest BCUT2D eigenvalue weighted by Crippen LogP contribution is 2.13. The Morgan fingerprint density at radius 3 is 2.33 bits per heavy atom. The third-order valence-corrected chi connectivity index (χ3v) is 3.64. The first-order chi connectivity index (χ1) is 11.6. The van der Waals surface area contributed by atoms with Gasteiger partial charge in [-0.25, -0.2) is 4.79 Å². The Hall–Kier alpha value is -2.40. The molecule has 4 nitrogen and oxygen atoms in total. The van der Waals surface area contributed by atoms with Gasteiger partial charge < -0.3 is 9.47 Å². The van der Waals surface area contributed by atoms with Crippen LogP contribution in [0.25, 0.3) is 6.08 Å². The van der Waals surface area contributed by atoms with Gasteiger partial charge in [-0.05, 0) is 42.8 Å². The number of halogens is 1. The fraction of sp³-hybridized carbons (Fsp3) is 0.158. The van der Waals surface area contributed by atoms with E-state index < -0.39 is 5.97 Å². The minimum Gasteiger partial charge on any atom is -0.494 e. The smallest absolute Gasteiger partial charge is 0.331 e. The van der Waals surface area contributed by atoms with Crippen molar-refractivity contribution < 1.29 is 19.1 Å². The molecule has 2 rings (SSSR count). The standard InChI is InChI=1S/C19H17BrO4/c1-2-23-17-10-3-14(4-11-17)5-12-19(22)24-13-18(21)15-6-8-16(20)9-7-15/h3-12H,2,13H2,1H3/b12-5+. The van der Waals surface area contributed by atoms with Crippen LogP contribution in [0.1, 0.15) is 22.8 Å². The number of carbonyl (C=O) groups is 2. The molecule has 0 unspecified atom stereocenters. The van der Waals surface area contributed by atoms with Crippen molar-refractivity contribution in [3.63, 3.8) is 0 Å². The number of rotatable bonds is 7. The molecular weight excluding hydrogens is 372 g/mol. The SMILES string of the molecule is CCOc1ccc(/C=C/C(=O)OCC(=O)c2ccc(Br)cc2)cc1. The van der Waals surface area contributed by atoms with Crippen molar-refractivity contribution in [3.05, 3.63) is 70.2 Å². The summed E-state index contributed by atoms with van der Waals surface area (Å²) < 4.78 is 11.2. The van der Waals surface area contributed by atoms with Gasteiger partial charge in [0.1, 0.15) is 5.75 Å². The van der Waals surface area contributed by atoms with Crippen molar-refractivity contribution in [2.45, 2.75) is 6.92 Å². The Labute approximate surface area is 149 Å². The maximum Gasteiger partial charge on any atom is 0.331 e. The fourth-order valence-corrected chi connectivity index (χ4v) is 2.17. The van der Waals surface area contributed by atoms with Crippen LogP contribution in [-0.4, -0.2) is 25.0 Å². The van der Waals surface area contributed by atoms with Gasteiger partial charge in [0.05, 0.1) is 6.61 Å². The Morgan fingerprint density at radius 1 is 1.04 bits per heavy atom. The van der Waals surface area contributed by atoms with E-state index in [1.165, 1.54) is 6.08 Å². The predicted octanol–water partition coefficient (Wildman–Crippen LogP) is 4.29. The van der Waals surface area contributed by atoms with Crippen LogP contribution in [0.5, 0.6) is 5.75 Å². The minimum absolute atomic E-state index is 0.245. The quantitative estimate of drug-likeness (QED) is 0.403. The zero-order chi connectivity index (χ0) is 17.4. The highest BCUT2D eigenvalue weighted by molar-refractivity contribution is 9.10. The first kappa shape index (κ1) is 17.9. The van der Waals surface area contributed by atoms with Crippen LogP contribution in [-0.2, 0) is 9.53 Å². The molecule has 124 valence electrons. The topological polar surface area (TPSA) is 52.6 Å². The lowest BCUT2D eigenvalue weighted by molar-refractivity contribution is -0.136. The second-order valence-electron chi connectivity index (χ2n) is 4.87. The van der Waals surface area contributed by atoms with Crippen molar-refractivity contribution in [1.29, 1.82) is 0 Å². The summed E-state index contributed by atoms with van der Waals surface area (Å²) in [6, 6.07) is 14.2. The number of hydrogen-bond donors (Lipinski definition) is 0. The Kier molecular flexibility index (Phi) is 6.75. The number of Topliss-reactive ketones (excluding diaryl/α,β-unsaturated/α-hetero) is 1. The fourth-order valence-electron chi connectivity index (χ4n) is 1.91. The first-order valence-corrected chi connectivity index (χ1v) is 8.24. The molecule has 0 heterocycles. The van der Waals surface area contributed by atoms with Crippen LogP contribution < -0.4 is 4.74 Å². The average Bonchev–Trinajstić information content (AvgIpc) is 2.60. The Bertz CT molecular complexity index is 718. The average molecular weight is 389 g/mol. The molecule has 0 spiro atoms. The maximum absolute atomic E-state index is 11.9. The second kappa shape index (κ2) is 9.03. The molecule has 2 aromatic carbocycles. The molecule has 24 heavy (non-hydrogen) atoms. The van der Waals surface area contributed by atoms with Gasteiger partial charge in [0.15, 0.2) is 12.4 Å². The monoisotopic (exact) mass is 388 g/mol.